The van der Waals surface area contributed by atoms with Crippen LogP contribution in [0.1, 0.15) is 32.6 Å². The molecule has 22 heavy (non-hydrogen) atoms. The van der Waals surface area contributed by atoms with E-state index in [2.05, 4.69) is 28.1 Å². The summed E-state index contributed by atoms with van der Waals surface area (Å²) in [5.41, 5.74) is 3.06. The molecule has 0 radical (unpaired) electrons. The topological polar surface area (TPSA) is 55.7 Å². The molecular weight excluding hydrogens is 276 g/mol. The van der Waals surface area contributed by atoms with E-state index in [9.17, 15) is 0 Å². The maximum absolute atomic E-state index is 5.83. The molecular formula is C17H22N4O. The SMILES string of the molecule is CCCCCCOc1cnc2[nH]cc(-c3cnn(C)c3)c2c1. The third kappa shape index (κ3) is 3.13. The lowest BCUT2D eigenvalue weighted by Crippen LogP contribution is -1.97. The van der Waals surface area contributed by atoms with Crippen LogP contribution in [-0.4, -0.2) is 26.4 Å². The summed E-state index contributed by atoms with van der Waals surface area (Å²) in [6.07, 6.45) is 12.4. The molecule has 0 bridgehead atoms. The van der Waals surface area contributed by atoms with Gasteiger partial charge in [-0.1, -0.05) is 26.2 Å². The van der Waals surface area contributed by atoms with E-state index in [1.165, 1.54) is 19.3 Å². The van der Waals surface area contributed by atoms with Crippen molar-refractivity contribution in [2.45, 2.75) is 32.6 Å². The number of nitrogens with one attached hydrogen (secondary N) is 1. The molecule has 0 amide bonds. The molecule has 0 unspecified atom stereocenters. The van der Waals surface area contributed by atoms with Crippen LogP contribution in [0.3, 0.4) is 0 Å². The molecule has 3 aromatic rings. The number of fused-ring (bicyclic) bond motifs is 1. The second kappa shape index (κ2) is 6.64. The summed E-state index contributed by atoms with van der Waals surface area (Å²) in [6, 6.07) is 2.06. The van der Waals surface area contributed by atoms with Gasteiger partial charge in [-0.05, 0) is 12.5 Å². The van der Waals surface area contributed by atoms with Crippen molar-refractivity contribution < 1.29 is 4.74 Å². The van der Waals surface area contributed by atoms with E-state index in [-0.39, 0.29) is 0 Å². The largest absolute Gasteiger partial charge is 0.492 e. The van der Waals surface area contributed by atoms with Gasteiger partial charge in [0.25, 0.3) is 0 Å². The smallest absolute Gasteiger partial charge is 0.138 e. The minimum Gasteiger partial charge on any atom is -0.492 e. The van der Waals surface area contributed by atoms with E-state index in [4.69, 9.17) is 4.74 Å². The quantitative estimate of drug-likeness (QED) is 0.673. The van der Waals surface area contributed by atoms with E-state index in [1.54, 1.807) is 10.9 Å². The van der Waals surface area contributed by atoms with E-state index >= 15 is 0 Å². The summed E-state index contributed by atoms with van der Waals surface area (Å²) >= 11 is 0. The lowest BCUT2D eigenvalue weighted by atomic mass is 10.1. The first-order valence-electron chi connectivity index (χ1n) is 7.87. The van der Waals surface area contributed by atoms with Crippen LogP contribution in [0.25, 0.3) is 22.2 Å². The average molecular weight is 298 g/mol. The molecule has 0 aliphatic rings. The van der Waals surface area contributed by atoms with Crippen molar-refractivity contribution in [1.29, 1.82) is 0 Å². The molecule has 0 fully saturated rings. The van der Waals surface area contributed by atoms with Gasteiger partial charge in [-0.3, -0.25) is 4.68 Å². The van der Waals surface area contributed by atoms with Gasteiger partial charge in [0.2, 0.25) is 0 Å². The van der Waals surface area contributed by atoms with Gasteiger partial charge in [-0.15, -0.1) is 0 Å². The van der Waals surface area contributed by atoms with Gasteiger partial charge in [0.05, 0.1) is 19.0 Å². The molecule has 0 spiro atoms. The Morgan fingerprint density at radius 2 is 2.14 bits per heavy atom. The zero-order valence-corrected chi connectivity index (χ0v) is 13.2. The van der Waals surface area contributed by atoms with Crippen LogP contribution >= 0.6 is 0 Å². The van der Waals surface area contributed by atoms with E-state index < -0.39 is 0 Å². The molecule has 1 N–H and O–H groups in total. The Morgan fingerprint density at radius 1 is 1.23 bits per heavy atom. The third-order valence-corrected chi connectivity index (χ3v) is 3.79. The molecule has 0 aromatic carbocycles. The maximum Gasteiger partial charge on any atom is 0.138 e. The molecule has 3 heterocycles. The number of aromatic amines is 1. The molecule has 5 nitrogen and oxygen atoms in total. The van der Waals surface area contributed by atoms with E-state index in [1.807, 2.05) is 25.6 Å². The lowest BCUT2D eigenvalue weighted by Gasteiger charge is -2.06. The number of hydrogen-bond donors (Lipinski definition) is 1. The van der Waals surface area contributed by atoms with Crippen LogP contribution in [0, 0.1) is 0 Å². The number of aromatic nitrogens is 4. The number of ether oxygens (including phenoxy) is 1. The minimum atomic E-state index is 0.750. The summed E-state index contributed by atoms with van der Waals surface area (Å²) in [6.45, 7) is 2.96. The van der Waals surface area contributed by atoms with Crippen molar-refractivity contribution in [1.82, 2.24) is 19.7 Å². The van der Waals surface area contributed by atoms with Crippen LogP contribution in [0.2, 0.25) is 0 Å². The second-order valence-corrected chi connectivity index (χ2v) is 5.58. The highest BCUT2D eigenvalue weighted by molar-refractivity contribution is 5.93. The molecule has 116 valence electrons. The Hall–Kier alpha value is -2.30. The maximum atomic E-state index is 5.83. The summed E-state index contributed by atoms with van der Waals surface area (Å²) in [5.74, 6) is 0.828. The minimum absolute atomic E-state index is 0.750. The number of aryl methyl sites for hydroxylation is 1. The molecule has 5 heteroatoms. The number of nitrogens with zero attached hydrogens (tertiary/aromatic N) is 3. The van der Waals surface area contributed by atoms with Crippen molar-refractivity contribution in [3.8, 4) is 16.9 Å². The second-order valence-electron chi connectivity index (χ2n) is 5.58. The molecule has 0 atom stereocenters. The fraction of sp³-hybridized carbons (Fsp3) is 0.412. The van der Waals surface area contributed by atoms with Gasteiger partial charge in [0.1, 0.15) is 11.4 Å². The predicted molar refractivity (Wildman–Crippen MR) is 87.9 cm³/mol. The fourth-order valence-electron chi connectivity index (χ4n) is 2.58. The lowest BCUT2D eigenvalue weighted by molar-refractivity contribution is 0.304. The van der Waals surface area contributed by atoms with Crippen LogP contribution < -0.4 is 4.74 Å². The Labute approximate surface area is 130 Å². The number of pyridine rings is 1. The Kier molecular flexibility index (Phi) is 4.42. The van der Waals surface area contributed by atoms with Crippen LogP contribution in [0.5, 0.6) is 5.75 Å². The van der Waals surface area contributed by atoms with Crippen LogP contribution in [-0.2, 0) is 7.05 Å². The predicted octanol–water partition coefficient (Wildman–Crippen LogP) is 3.92. The fourth-order valence-corrected chi connectivity index (χ4v) is 2.58. The zero-order chi connectivity index (χ0) is 15.4. The van der Waals surface area contributed by atoms with E-state index in [0.717, 1.165) is 40.9 Å². The van der Waals surface area contributed by atoms with Gasteiger partial charge in [0.15, 0.2) is 0 Å². The summed E-state index contributed by atoms with van der Waals surface area (Å²) in [5, 5.41) is 5.30. The van der Waals surface area contributed by atoms with Gasteiger partial charge in [0, 0.05) is 36.0 Å². The number of hydrogen-bond acceptors (Lipinski definition) is 3. The highest BCUT2D eigenvalue weighted by Gasteiger charge is 2.10. The Balaban J connectivity index is 1.77. The van der Waals surface area contributed by atoms with Gasteiger partial charge >= 0.3 is 0 Å². The van der Waals surface area contributed by atoms with Crippen molar-refractivity contribution in [3.63, 3.8) is 0 Å². The first-order chi connectivity index (χ1) is 10.8. The van der Waals surface area contributed by atoms with Gasteiger partial charge < -0.3 is 9.72 Å². The zero-order valence-electron chi connectivity index (χ0n) is 13.2. The van der Waals surface area contributed by atoms with Crippen molar-refractivity contribution in [3.05, 3.63) is 30.9 Å². The number of H-pyrrole nitrogens is 1. The van der Waals surface area contributed by atoms with Crippen molar-refractivity contribution >= 4 is 11.0 Å². The average Bonchev–Trinajstić information content (AvgIpc) is 3.12. The summed E-state index contributed by atoms with van der Waals surface area (Å²) < 4.78 is 7.63. The first-order valence-corrected chi connectivity index (χ1v) is 7.87. The van der Waals surface area contributed by atoms with Crippen molar-refractivity contribution in [2.75, 3.05) is 6.61 Å². The number of rotatable bonds is 7. The Bertz CT molecular complexity index is 744. The van der Waals surface area contributed by atoms with Gasteiger partial charge in [-0.2, -0.15) is 5.10 Å². The first kappa shape index (κ1) is 14.6. The molecule has 3 rings (SSSR count). The summed E-state index contributed by atoms with van der Waals surface area (Å²) in [4.78, 5) is 7.64. The highest BCUT2D eigenvalue weighted by atomic mass is 16.5. The standard InChI is InChI=1S/C17H22N4O/c1-3-4-5-6-7-22-14-8-15-16(11-19-17(15)18-10-14)13-9-20-21(2)12-13/h8-12H,3-7H2,1-2H3,(H,18,19). The van der Waals surface area contributed by atoms with Crippen LogP contribution in [0.4, 0.5) is 0 Å². The molecule has 0 aliphatic carbocycles. The van der Waals surface area contributed by atoms with Crippen LogP contribution in [0.15, 0.2) is 30.9 Å². The highest BCUT2D eigenvalue weighted by Crippen LogP contribution is 2.29. The third-order valence-electron chi connectivity index (χ3n) is 3.79. The van der Waals surface area contributed by atoms with E-state index in [0.29, 0.717) is 0 Å². The normalized spacial score (nSPS) is 11.2. The number of unbranched alkanes of at least 4 members (excludes halogenated alkanes) is 3. The molecule has 0 saturated heterocycles. The Morgan fingerprint density at radius 3 is 2.91 bits per heavy atom. The molecule has 0 aliphatic heterocycles. The molecule has 3 aromatic heterocycles. The summed E-state index contributed by atoms with van der Waals surface area (Å²) in [7, 11) is 1.92. The monoisotopic (exact) mass is 298 g/mol. The van der Waals surface area contributed by atoms with Crippen molar-refractivity contribution in [2.24, 2.45) is 7.05 Å². The molecule has 0 saturated carbocycles. The van der Waals surface area contributed by atoms with Gasteiger partial charge in [-0.25, -0.2) is 4.98 Å².